The fourth-order valence-corrected chi connectivity index (χ4v) is 4.38. The smallest absolute Gasteiger partial charge is 0.283 e. The number of fused-ring (bicyclic) bond motifs is 3. The molecule has 2 saturated heterocycles. The van der Waals surface area contributed by atoms with Crippen molar-refractivity contribution in [3.05, 3.63) is 15.6 Å². The molecule has 100 valence electrons. The van der Waals surface area contributed by atoms with Crippen molar-refractivity contribution in [1.82, 2.24) is 15.2 Å². The zero-order valence-corrected chi connectivity index (χ0v) is 11.3. The number of piperazine rings is 1. The van der Waals surface area contributed by atoms with Gasteiger partial charge in [0.1, 0.15) is 6.04 Å². The molecule has 5 nitrogen and oxygen atoms in total. The van der Waals surface area contributed by atoms with Crippen molar-refractivity contribution in [2.24, 2.45) is 0 Å². The van der Waals surface area contributed by atoms with E-state index in [2.05, 4.69) is 10.3 Å². The van der Waals surface area contributed by atoms with E-state index in [0.717, 1.165) is 25.0 Å². The fraction of sp³-hybridized carbons (Fsp3) is 0.615. The Morgan fingerprint density at radius 3 is 2.95 bits per heavy atom. The van der Waals surface area contributed by atoms with E-state index in [1.165, 1.54) is 29.1 Å². The van der Waals surface area contributed by atoms with Crippen LogP contribution in [0.1, 0.15) is 39.6 Å². The van der Waals surface area contributed by atoms with E-state index < -0.39 is 0 Å². The molecule has 2 fully saturated rings. The summed E-state index contributed by atoms with van der Waals surface area (Å²) in [4.78, 5) is 31.6. The van der Waals surface area contributed by atoms with Crippen molar-refractivity contribution in [3.8, 4) is 0 Å². The number of nitrogens with one attached hydrogen (secondary N) is 1. The summed E-state index contributed by atoms with van der Waals surface area (Å²) >= 11 is 1.52. The molecule has 0 spiro atoms. The van der Waals surface area contributed by atoms with Gasteiger partial charge in [-0.05, 0) is 32.1 Å². The average Bonchev–Trinajstić information content (AvgIpc) is 3.09. The maximum absolute atomic E-state index is 12.5. The van der Waals surface area contributed by atoms with Crippen LogP contribution in [0.25, 0.3) is 0 Å². The molecule has 0 saturated carbocycles. The zero-order valence-electron chi connectivity index (χ0n) is 10.5. The average molecular weight is 277 g/mol. The number of thiazole rings is 1. The Morgan fingerprint density at radius 2 is 2.21 bits per heavy atom. The number of carbonyl (C=O) groups is 2. The van der Waals surface area contributed by atoms with Crippen LogP contribution in [0.4, 0.5) is 0 Å². The van der Waals surface area contributed by atoms with Gasteiger partial charge in [-0.1, -0.05) is 0 Å². The van der Waals surface area contributed by atoms with Gasteiger partial charge in [0.25, 0.3) is 5.91 Å². The maximum Gasteiger partial charge on any atom is 0.283 e. The maximum atomic E-state index is 12.5. The molecule has 3 aliphatic rings. The minimum Gasteiger partial charge on any atom is -0.350 e. The highest BCUT2D eigenvalue weighted by molar-refractivity contribution is 7.13. The van der Waals surface area contributed by atoms with Crippen LogP contribution >= 0.6 is 11.3 Å². The lowest BCUT2D eigenvalue weighted by Gasteiger charge is -2.25. The summed E-state index contributed by atoms with van der Waals surface area (Å²) in [5.41, 5.74) is 1.11. The van der Waals surface area contributed by atoms with Crippen LogP contribution < -0.4 is 5.32 Å². The van der Waals surface area contributed by atoms with Crippen molar-refractivity contribution in [2.75, 3.05) is 6.54 Å². The van der Waals surface area contributed by atoms with Crippen LogP contribution in [0.5, 0.6) is 0 Å². The van der Waals surface area contributed by atoms with E-state index in [4.69, 9.17) is 0 Å². The number of hydrogen-bond acceptors (Lipinski definition) is 4. The summed E-state index contributed by atoms with van der Waals surface area (Å²) in [7, 11) is 0. The van der Waals surface area contributed by atoms with Gasteiger partial charge < -0.3 is 10.2 Å². The molecule has 0 unspecified atom stereocenters. The van der Waals surface area contributed by atoms with E-state index >= 15 is 0 Å². The molecule has 1 aromatic rings. The number of amides is 2. The molecular formula is C13H15N3O2S. The number of aromatic nitrogens is 1. The summed E-state index contributed by atoms with van der Waals surface area (Å²) in [6.07, 6.45) is 5.16. The van der Waals surface area contributed by atoms with Crippen molar-refractivity contribution >= 4 is 23.2 Å². The van der Waals surface area contributed by atoms with Gasteiger partial charge in [-0.2, -0.15) is 0 Å². The molecule has 2 atom stereocenters. The lowest BCUT2D eigenvalue weighted by molar-refractivity contribution is -0.124. The molecule has 1 aromatic heterocycles. The Bertz CT molecular complexity index is 545. The van der Waals surface area contributed by atoms with E-state index in [9.17, 15) is 9.59 Å². The Kier molecular flexibility index (Phi) is 2.42. The van der Waals surface area contributed by atoms with Gasteiger partial charge in [0, 0.05) is 17.5 Å². The molecule has 4 rings (SSSR count). The van der Waals surface area contributed by atoms with Gasteiger partial charge in [0.15, 0.2) is 5.01 Å². The second-order valence-corrected chi connectivity index (χ2v) is 6.59. The number of likely N-dealkylation sites (tertiary alicyclic amines) is 1. The molecular weight excluding hydrogens is 262 g/mol. The summed E-state index contributed by atoms with van der Waals surface area (Å²) in [6, 6.07) is -0.116. The van der Waals surface area contributed by atoms with Gasteiger partial charge in [0.05, 0.1) is 5.69 Å². The van der Waals surface area contributed by atoms with Crippen LogP contribution in [0.15, 0.2) is 0 Å². The summed E-state index contributed by atoms with van der Waals surface area (Å²) in [5.74, 6) is -0.0623. The summed E-state index contributed by atoms with van der Waals surface area (Å²) < 4.78 is 0. The first-order valence-electron chi connectivity index (χ1n) is 6.82. The minimum atomic E-state index is -0.265. The highest BCUT2D eigenvalue weighted by Crippen LogP contribution is 2.30. The third kappa shape index (κ3) is 1.69. The van der Waals surface area contributed by atoms with Crippen molar-refractivity contribution < 1.29 is 9.59 Å². The predicted octanol–water partition coefficient (Wildman–Crippen LogP) is 0.735. The number of rotatable bonds is 1. The quantitative estimate of drug-likeness (QED) is 0.823. The second-order valence-electron chi connectivity index (χ2n) is 5.51. The van der Waals surface area contributed by atoms with E-state index in [1.54, 1.807) is 4.90 Å². The molecule has 1 aliphatic carbocycles. The SMILES string of the molecule is O=C1N[C@H]2C[C@@H]1N(C(=O)c1nc3c(s1)CCCC3)C2. The Balaban J connectivity index is 1.61. The molecule has 6 heteroatoms. The fourth-order valence-electron chi connectivity index (χ4n) is 3.28. The van der Waals surface area contributed by atoms with E-state index in [1.807, 2.05) is 0 Å². The van der Waals surface area contributed by atoms with Crippen molar-refractivity contribution in [1.29, 1.82) is 0 Å². The number of carbonyl (C=O) groups excluding carboxylic acids is 2. The molecule has 2 amide bonds. The largest absolute Gasteiger partial charge is 0.350 e. The Hall–Kier alpha value is -1.43. The first kappa shape index (κ1) is 11.4. The van der Waals surface area contributed by atoms with Gasteiger partial charge in [0.2, 0.25) is 5.91 Å². The predicted molar refractivity (Wildman–Crippen MR) is 70.1 cm³/mol. The van der Waals surface area contributed by atoms with Crippen LogP contribution in [-0.2, 0) is 17.6 Å². The van der Waals surface area contributed by atoms with Crippen molar-refractivity contribution in [2.45, 2.75) is 44.2 Å². The van der Waals surface area contributed by atoms with Crippen molar-refractivity contribution in [3.63, 3.8) is 0 Å². The molecule has 0 aromatic carbocycles. The zero-order chi connectivity index (χ0) is 13.0. The monoisotopic (exact) mass is 277 g/mol. The normalized spacial score (nSPS) is 28.4. The highest BCUT2D eigenvalue weighted by atomic mass is 32.1. The minimum absolute atomic E-state index is 0.00841. The summed E-state index contributed by atoms with van der Waals surface area (Å²) in [5, 5.41) is 3.46. The van der Waals surface area contributed by atoms with Gasteiger partial charge in [-0.3, -0.25) is 9.59 Å². The second kappa shape index (κ2) is 4.03. The van der Waals surface area contributed by atoms with Gasteiger partial charge in [-0.25, -0.2) is 4.98 Å². The lowest BCUT2D eigenvalue weighted by Crippen LogP contribution is -2.50. The van der Waals surface area contributed by atoms with E-state index in [0.29, 0.717) is 11.6 Å². The van der Waals surface area contributed by atoms with Gasteiger partial charge in [-0.15, -0.1) is 11.3 Å². The van der Waals surface area contributed by atoms with Crippen LogP contribution in [0.2, 0.25) is 0 Å². The number of aryl methyl sites for hydroxylation is 2. The first-order valence-corrected chi connectivity index (χ1v) is 7.64. The molecule has 2 aliphatic heterocycles. The van der Waals surface area contributed by atoms with Crippen LogP contribution in [0.3, 0.4) is 0 Å². The summed E-state index contributed by atoms with van der Waals surface area (Å²) in [6.45, 7) is 0.638. The number of nitrogens with zero attached hydrogens (tertiary/aromatic N) is 2. The first-order chi connectivity index (χ1) is 9.22. The molecule has 3 heterocycles. The third-order valence-corrected chi connectivity index (χ3v) is 5.39. The third-order valence-electron chi connectivity index (χ3n) is 4.24. The Morgan fingerprint density at radius 1 is 1.37 bits per heavy atom. The molecule has 1 N–H and O–H groups in total. The lowest BCUT2D eigenvalue weighted by atomic mass is 10.0. The number of hydrogen-bond donors (Lipinski definition) is 1. The Labute approximate surface area is 115 Å². The van der Waals surface area contributed by atoms with Crippen LogP contribution in [-0.4, -0.2) is 40.3 Å². The molecule has 0 radical (unpaired) electrons. The van der Waals surface area contributed by atoms with Gasteiger partial charge >= 0.3 is 0 Å². The standard InChI is InChI=1S/C13H15N3O2S/c17-11-9-5-7(14-11)6-16(9)13(18)12-15-8-3-1-2-4-10(8)19-12/h7,9H,1-6H2,(H,14,17)/t7-,9-/m0/s1. The molecule has 19 heavy (non-hydrogen) atoms. The highest BCUT2D eigenvalue weighted by Gasteiger charge is 2.46. The van der Waals surface area contributed by atoms with Crippen LogP contribution in [0, 0.1) is 0 Å². The molecule has 2 bridgehead atoms. The van der Waals surface area contributed by atoms with E-state index in [-0.39, 0.29) is 23.9 Å². The topological polar surface area (TPSA) is 62.3 Å².